The molecule has 0 amide bonds. The minimum absolute atomic E-state index is 0.149. The van der Waals surface area contributed by atoms with Gasteiger partial charge in [-0.15, -0.1) is 0 Å². The van der Waals surface area contributed by atoms with E-state index in [0.29, 0.717) is 19.8 Å². The maximum atomic E-state index is 11.5. The number of esters is 1. The van der Waals surface area contributed by atoms with Crippen molar-refractivity contribution in [1.82, 2.24) is 0 Å². The van der Waals surface area contributed by atoms with Crippen LogP contribution in [0, 0.1) is 5.41 Å². The van der Waals surface area contributed by atoms with E-state index in [2.05, 4.69) is 6.92 Å². The van der Waals surface area contributed by atoms with E-state index in [1.165, 1.54) is 0 Å². The Bertz CT molecular complexity index is 202. The standard InChI is InChI=1S/C11H21NO3/c1-2-3-6-14-7-8-15-10(13)11(9-12)4-5-11/h2-9,12H2,1H3. The van der Waals surface area contributed by atoms with Crippen molar-refractivity contribution in [2.24, 2.45) is 11.1 Å². The Morgan fingerprint density at radius 2 is 2.07 bits per heavy atom. The third-order valence-corrected chi connectivity index (χ3v) is 2.78. The number of nitrogens with two attached hydrogens (primary N) is 1. The van der Waals surface area contributed by atoms with Gasteiger partial charge in [0.2, 0.25) is 0 Å². The summed E-state index contributed by atoms with van der Waals surface area (Å²) in [5.41, 5.74) is 5.16. The van der Waals surface area contributed by atoms with Crippen LogP contribution in [0.25, 0.3) is 0 Å². The van der Waals surface area contributed by atoms with Crippen molar-refractivity contribution in [2.45, 2.75) is 32.6 Å². The lowest BCUT2D eigenvalue weighted by Gasteiger charge is -2.11. The molecular weight excluding hydrogens is 194 g/mol. The molecule has 0 unspecified atom stereocenters. The SMILES string of the molecule is CCCCOCCOC(=O)C1(CN)CC1. The molecule has 4 heteroatoms. The van der Waals surface area contributed by atoms with Crippen LogP contribution in [-0.4, -0.2) is 32.3 Å². The Labute approximate surface area is 91.1 Å². The van der Waals surface area contributed by atoms with Crippen molar-refractivity contribution in [3.05, 3.63) is 0 Å². The number of carbonyl (C=O) groups excluding carboxylic acids is 1. The third kappa shape index (κ3) is 3.80. The minimum Gasteiger partial charge on any atom is -0.463 e. The molecule has 2 N–H and O–H groups in total. The fraction of sp³-hybridized carbons (Fsp3) is 0.909. The van der Waals surface area contributed by atoms with E-state index < -0.39 is 0 Å². The van der Waals surface area contributed by atoms with Gasteiger partial charge in [0.15, 0.2) is 0 Å². The van der Waals surface area contributed by atoms with Crippen LogP contribution in [0.2, 0.25) is 0 Å². The van der Waals surface area contributed by atoms with Gasteiger partial charge in [-0.2, -0.15) is 0 Å². The smallest absolute Gasteiger partial charge is 0.313 e. The van der Waals surface area contributed by atoms with Gasteiger partial charge in [0.25, 0.3) is 0 Å². The molecule has 15 heavy (non-hydrogen) atoms. The van der Waals surface area contributed by atoms with Crippen LogP contribution < -0.4 is 5.73 Å². The highest BCUT2D eigenvalue weighted by Gasteiger charge is 2.50. The normalized spacial score (nSPS) is 17.5. The molecule has 0 aromatic heterocycles. The summed E-state index contributed by atoms with van der Waals surface area (Å²) in [6.07, 6.45) is 3.93. The lowest BCUT2D eigenvalue weighted by molar-refractivity contribution is -0.151. The highest BCUT2D eigenvalue weighted by Crippen LogP contribution is 2.45. The van der Waals surface area contributed by atoms with E-state index in [-0.39, 0.29) is 11.4 Å². The molecule has 1 aliphatic rings. The topological polar surface area (TPSA) is 61.5 Å². The number of ether oxygens (including phenoxy) is 2. The predicted molar refractivity (Wildman–Crippen MR) is 57.4 cm³/mol. The van der Waals surface area contributed by atoms with Crippen molar-refractivity contribution < 1.29 is 14.3 Å². The van der Waals surface area contributed by atoms with Crippen LogP contribution in [0.15, 0.2) is 0 Å². The molecule has 0 heterocycles. The molecule has 1 aliphatic carbocycles. The first-order chi connectivity index (χ1) is 7.25. The molecule has 0 spiro atoms. The number of hydrogen-bond acceptors (Lipinski definition) is 4. The van der Waals surface area contributed by atoms with Gasteiger partial charge in [0.05, 0.1) is 12.0 Å². The quantitative estimate of drug-likeness (QED) is 0.486. The summed E-state index contributed by atoms with van der Waals surface area (Å²) in [4.78, 5) is 11.5. The van der Waals surface area contributed by atoms with Crippen LogP contribution in [0.1, 0.15) is 32.6 Å². The van der Waals surface area contributed by atoms with Gasteiger partial charge in [-0.05, 0) is 19.3 Å². The summed E-state index contributed by atoms with van der Waals surface area (Å²) in [6, 6.07) is 0. The number of unbranched alkanes of at least 4 members (excludes halogenated alkanes) is 1. The Morgan fingerprint density at radius 3 is 2.60 bits per heavy atom. The fourth-order valence-corrected chi connectivity index (χ4v) is 1.34. The first-order valence-electron chi connectivity index (χ1n) is 5.70. The van der Waals surface area contributed by atoms with Crippen LogP contribution in [0.4, 0.5) is 0 Å². The van der Waals surface area contributed by atoms with E-state index in [1.807, 2.05) is 0 Å². The van der Waals surface area contributed by atoms with Gasteiger partial charge in [-0.25, -0.2) is 0 Å². The summed E-state index contributed by atoms with van der Waals surface area (Å²) in [5.74, 6) is -0.149. The molecule has 0 bridgehead atoms. The first kappa shape index (κ1) is 12.5. The zero-order chi connectivity index (χ0) is 11.1. The molecule has 0 atom stereocenters. The highest BCUT2D eigenvalue weighted by molar-refractivity contribution is 5.80. The van der Waals surface area contributed by atoms with Gasteiger partial charge in [0, 0.05) is 13.2 Å². The van der Waals surface area contributed by atoms with Crippen molar-refractivity contribution in [1.29, 1.82) is 0 Å². The molecule has 0 radical (unpaired) electrons. The number of hydrogen-bond donors (Lipinski definition) is 1. The second kappa shape index (κ2) is 6.08. The van der Waals surface area contributed by atoms with Crippen molar-refractivity contribution in [3.8, 4) is 0 Å². The largest absolute Gasteiger partial charge is 0.463 e. The maximum Gasteiger partial charge on any atom is 0.313 e. The van der Waals surface area contributed by atoms with Crippen LogP contribution in [0.5, 0.6) is 0 Å². The maximum absolute atomic E-state index is 11.5. The van der Waals surface area contributed by atoms with Crippen molar-refractivity contribution in [3.63, 3.8) is 0 Å². The molecule has 0 aromatic carbocycles. The molecular formula is C11H21NO3. The van der Waals surface area contributed by atoms with Gasteiger partial charge in [0.1, 0.15) is 6.61 Å². The Morgan fingerprint density at radius 1 is 1.33 bits per heavy atom. The Hall–Kier alpha value is -0.610. The summed E-state index contributed by atoms with van der Waals surface area (Å²) in [6.45, 7) is 4.11. The molecule has 4 nitrogen and oxygen atoms in total. The summed E-state index contributed by atoms with van der Waals surface area (Å²) in [5, 5.41) is 0. The van der Waals surface area contributed by atoms with Gasteiger partial charge < -0.3 is 15.2 Å². The summed E-state index contributed by atoms with van der Waals surface area (Å²) >= 11 is 0. The average molecular weight is 215 g/mol. The molecule has 0 saturated heterocycles. The average Bonchev–Trinajstić information content (AvgIpc) is 3.03. The lowest BCUT2D eigenvalue weighted by atomic mass is 10.1. The van der Waals surface area contributed by atoms with Gasteiger partial charge in [-0.1, -0.05) is 13.3 Å². The molecule has 88 valence electrons. The van der Waals surface area contributed by atoms with Crippen molar-refractivity contribution >= 4 is 5.97 Å². The first-order valence-corrected chi connectivity index (χ1v) is 5.70. The van der Waals surface area contributed by atoms with E-state index in [4.69, 9.17) is 15.2 Å². The van der Waals surface area contributed by atoms with Crippen LogP contribution in [0.3, 0.4) is 0 Å². The second-order valence-electron chi connectivity index (χ2n) is 4.09. The zero-order valence-electron chi connectivity index (χ0n) is 9.46. The molecule has 0 aromatic rings. The van der Waals surface area contributed by atoms with E-state index in [9.17, 15) is 4.79 Å². The third-order valence-electron chi connectivity index (χ3n) is 2.78. The Kier molecular flexibility index (Phi) is 5.05. The second-order valence-corrected chi connectivity index (χ2v) is 4.09. The molecule has 1 fully saturated rings. The molecule has 0 aliphatic heterocycles. The monoisotopic (exact) mass is 215 g/mol. The zero-order valence-corrected chi connectivity index (χ0v) is 9.46. The van der Waals surface area contributed by atoms with E-state index in [1.54, 1.807) is 0 Å². The predicted octanol–water partition coefficient (Wildman–Crippen LogP) is 1.09. The molecule has 1 saturated carbocycles. The number of rotatable bonds is 8. The number of carbonyl (C=O) groups is 1. The van der Waals surface area contributed by atoms with Crippen molar-refractivity contribution in [2.75, 3.05) is 26.4 Å². The van der Waals surface area contributed by atoms with E-state index >= 15 is 0 Å². The molecule has 1 rings (SSSR count). The summed E-state index contributed by atoms with van der Waals surface area (Å²) in [7, 11) is 0. The Balaban J connectivity index is 1.98. The summed E-state index contributed by atoms with van der Waals surface area (Å²) < 4.78 is 10.4. The highest BCUT2D eigenvalue weighted by atomic mass is 16.6. The van der Waals surface area contributed by atoms with Gasteiger partial charge in [-0.3, -0.25) is 4.79 Å². The minimum atomic E-state index is -0.344. The van der Waals surface area contributed by atoms with Crippen LogP contribution in [-0.2, 0) is 14.3 Å². The van der Waals surface area contributed by atoms with Gasteiger partial charge >= 0.3 is 5.97 Å². The fourth-order valence-electron chi connectivity index (χ4n) is 1.34. The van der Waals surface area contributed by atoms with E-state index in [0.717, 1.165) is 32.3 Å². The van der Waals surface area contributed by atoms with Crippen LogP contribution >= 0.6 is 0 Å². The lowest BCUT2D eigenvalue weighted by Crippen LogP contribution is -2.28.